The van der Waals surface area contributed by atoms with Crippen LogP contribution < -0.4 is 4.74 Å². The van der Waals surface area contributed by atoms with Gasteiger partial charge in [0, 0.05) is 62.1 Å². The first-order valence-corrected chi connectivity index (χ1v) is 15.1. The Labute approximate surface area is 256 Å². The van der Waals surface area contributed by atoms with Crippen molar-refractivity contribution in [3.63, 3.8) is 0 Å². The standard InChI is InChI=1S/C33H38N6O5/c1-23-28(38(32(41)30(23)40)15-6-13-36-17-11-34-21-36)25-8-5-9-26(20-25)44-31-24(2)29(27-10-3-4-19-43-27)39(33(31)42)16-7-14-37-18-12-35-22-37/h4-5,8-9,11-12,17-22,27-29,40H,3,6-7,10,13-16H2,1-2H3. The van der Waals surface area contributed by atoms with E-state index in [4.69, 9.17) is 9.47 Å². The lowest BCUT2D eigenvalue weighted by Crippen LogP contribution is -2.45. The van der Waals surface area contributed by atoms with Crippen molar-refractivity contribution in [2.24, 2.45) is 0 Å². The van der Waals surface area contributed by atoms with Crippen LogP contribution in [-0.4, -0.2) is 71.1 Å². The number of rotatable bonds is 12. The first kappa shape index (κ1) is 29.3. The van der Waals surface area contributed by atoms with Crippen LogP contribution in [0.25, 0.3) is 0 Å². The Morgan fingerprint density at radius 3 is 2.27 bits per heavy atom. The lowest BCUT2D eigenvalue weighted by Gasteiger charge is -2.33. The summed E-state index contributed by atoms with van der Waals surface area (Å²) in [4.78, 5) is 38.6. The van der Waals surface area contributed by atoms with E-state index in [0.29, 0.717) is 43.1 Å². The molecule has 2 aromatic heterocycles. The van der Waals surface area contributed by atoms with Crippen LogP contribution in [0.3, 0.4) is 0 Å². The number of aryl methyl sites for hydroxylation is 2. The van der Waals surface area contributed by atoms with Crippen molar-refractivity contribution in [2.45, 2.75) is 70.8 Å². The third-order valence-electron chi connectivity index (χ3n) is 8.61. The summed E-state index contributed by atoms with van der Waals surface area (Å²) < 4.78 is 16.3. The highest BCUT2D eigenvalue weighted by molar-refractivity contribution is 5.96. The van der Waals surface area contributed by atoms with Crippen LogP contribution in [0.1, 0.15) is 51.1 Å². The van der Waals surface area contributed by atoms with Gasteiger partial charge in [0.25, 0.3) is 11.8 Å². The zero-order chi connectivity index (χ0) is 30.6. The van der Waals surface area contributed by atoms with E-state index in [2.05, 4.69) is 9.97 Å². The summed E-state index contributed by atoms with van der Waals surface area (Å²) in [6.07, 6.45) is 17.5. The molecule has 2 amide bonds. The van der Waals surface area contributed by atoms with Crippen molar-refractivity contribution in [1.29, 1.82) is 0 Å². The van der Waals surface area contributed by atoms with Gasteiger partial charge in [0.2, 0.25) is 0 Å². The third kappa shape index (κ3) is 5.86. The van der Waals surface area contributed by atoms with E-state index >= 15 is 0 Å². The molecule has 3 aromatic rings. The Hall–Kier alpha value is -4.80. The summed E-state index contributed by atoms with van der Waals surface area (Å²) in [6.45, 7) is 6.19. The molecule has 44 heavy (non-hydrogen) atoms. The van der Waals surface area contributed by atoms with E-state index in [0.717, 1.165) is 36.9 Å². The van der Waals surface area contributed by atoms with Gasteiger partial charge < -0.3 is 33.5 Å². The predicted octanol–water partition coefficient (Wildman–Crippen LogP) is 4.53. The van der Waals surface area contributed by atoms with Crippen LogP contribution in [0.5, 0.6) is 5.75 Å². The average Bonchev–Trinajstić information content (AvgIpc) is 3.83. The molecule has 6 rings (SSSR count). The predicted molar refractivity (Wildman–Crippen MR) is 162 cm³/mol. The number of nitrogens with zero attached hydrogens (tertiary/aromatic N) is 6. The molecule has 3 unspecified atom stereocenters. The molecule has 5 heterocycles. The second-order valence-electron chi connectivity index (χ2n) is 11.5. The van der Waals surface area contributed by atoms with E-state index in [-0.39, 0.29) is 29.7 Å². The molecule has 0 spiro atoms. The smallest absolute Gasteiger partial charge is 0.290 e. The van der Waals surface area contributed by atoms with E-state index < -0.39 is 6.04 Å². The Morgan fingerprint density at radius 1 is 0.932 bits per heavy atom. The topological polar surface area (TPSA) is 115 Å². The van der Waals surface area contributed by atoms with Crippen molar-refractivity contribution < 1.29 is 24.2 Å². The summed E-state index contributed by atoms with van der Waals surface area (Å²) >= 11 is 0. The first-order valence-electron chi connectivity index (χ1n) is 15.1. The lowest BCUT2D eigenvalue weighted by atomic mass is 9.98. The largest absolute Gasteiger partial charge is 0.503 e. The molecule has 0 fully saturated rings. The zero-order valence-corrected chi connectivity index (χ0v) is 25.1. The maximum atomic E-state index is 13.9. The molecule has 11 heteroatoms. The summed E-state index contributed by atoms with van der Waals surface area (Å²) in [5.41, 5.74) is 2.24. The van der Waals surface area contributed by atoms with Gasteiger partial charge in [0.1, 0.15) is 11.9 Å². The molecule has 0 radical (unpaired) electrons. The number of allylic oxidation sites excluding steroid dienone is 1. The molecule has 3 aliphatic rings. The maximum Gasteiger partial charge on any atom is 0.290 e. The molecule has 0 bridgehead atoms. The monoisotopic (exact) mass is 598 g/mol. The second kappa shape index (κ2) is 12.8. The van der Waals surface area contributed by atoms with E-state index in [9.17, 15) is 14.7 Å². The fraction of sp³-hybridized carbons (Fsp3) is 0.394. The minimum atomic E-state index is -0.432. The summed E-state index contributed by atoms with van der Waals surface area (Å²) in [5.74, 6) is 0.0443. The molecule has 0 aliphatic carbocycles. The SMILES string of the molecule is CC1=C(O)C(=O)N(CCCn2ccnc2)C1c1cccc(OC2=C(C)C(C3CCC=CO3)N(CCCn3ccnc3)C2=O)c1. The number of hydrogen-bond donors (Lipinski definition) is 1. The number of carbonyl (C=O) groups is 2. The number of carbonyl (C=O) groups excluding carboxylic acids is 2. The number of ether oxygens (including phenoxy) is 2. The van der Waals surface area contributed by atoms with Crippen LogP contribution >= 0.6 is 0 Å². The molecule has 1 aromatic carbocycles. The number of benzene rings is 1. The number of amides is 2. The fourth-order valence-electron chi connectivity index (χ4n) is 6.42. The minimum Gasteiger partial charge on any atom is -0.503 e. The highest BCUT2D eigenvalue weighted by Crippen LogP contribution is 2.39. The maximum absolute atomic E-state index is 13.9. The van der Waals surface area contributed by atoms with Crippen LogP contribution in [-0.2, 0) is 27.4 Å². The van der Waals surface area contributed by atoms with Gasteiger partial charge >= 0.3 is 0 Å². The molecule has 0 saturated carbocycles. The Bertz CT molecular complexity index is 1580. The number of hydrogen-bond acceptors (Lipinski definition) is 7. The van der Waals surface area contributed by atoms with Crippen LogP contribution in [0.4, 0.5) is 0 Å². The summed E-state index contributed by atoms with van der Waals surface area (Å²) in [5, 5.41) is 10.6. The van der Waals surface area contributed by atoms with Crippen molar-refractivity contribution >= 4 is 11.8 Å². The van der Waals surface area contributed by atoms with Gasteiger partial charge in [-0.05, 0) is 63.3 Å². The molecule has 11 nitrogen and oxygen atoms in total. The van der Waals surface area contributed by atoms with E-state index in [1.54, 1.807) is 43.1 Å². The second-order valence-corrected chi connectivity index (χ2v) is 11.5. The molecule has 3 atom stereocenters. The van der Waals surface area contributed by atoms with Gasteiger partial charge in [-0.3, -0.25) is 9.59 Å². The van der Waals surface area contributed by atoms with Crippen molar-refractivity contribution in [3.8, 4) is 5.75 Å². The lowest BCUT2D eigenvalue weighted by molar-refractivity contribution is -0.131. The van der Waals surface area contributed by atoms with Crippen LogP contribution in [0, 0.1) is 0 Å². The van der Waals surface area contributed by atoms with Gasteiger partial charge in [-0.25, -0.2) is 9.97 Å². The van der Waals surface area contributed by atoms with Crippen LogP contribution in [0.15, 0.2) is 96.7 Å². The van der Waals surface area contributed by atoms with Gasteiger partial charge in [0.05, 0.1) is 31.0 Å². The number of aliphatic hydroxyl groups is 1. The average molecular weight is 599 g/mol. The van der Waals surface area contributed by atoms with E-state index in [1.807, 2.05) is 63.7 Å². The number of aliphatic hydroxyl groups excluding tert-OH is 1. The third-order valence-corrected chi connectivity index (χ3v) is 8.61. The summed E-state index contributed by atoms with van der Waals surface area (Å²) in [7, 11) is 0. The molecule has 1 N–H and O–H groups in total. The van der Waals surface area contributed by atoms with Crippen molar-refractivity contribution in [2.75, 3.05) is 13.1 Å². The number of imidazole rings is 2. The zero-order valence-electron chi connectivity index (χ0n) is 25.1. The van der Waals surface area contributed by atoms with Gasteiger partial charge in [-0.1, -0.05) is 12.1 Å². The van der Waals surface area contributed by atoms with Crippen molar-refractivity contribution in [1.82, 2.24) is 28.9 Å². The Kier molecular flexibility index (Phi) is 8.53. The first-order chi connectivity index (χ1) is 21.4. The minimum absolute atomic E-state index is 0.152. The van der Waals surface area contributed by atoms with Crippen LogP contribution in [0.2, 0.25) is 0 Å². The Balaban J connectivity index is 1.21. The molecule has 3 aliphatic heterocycles. The highest BCUT2D eigenvalue weighted by atomic mass is 16.5. The van der Waals surface area contributed by atoms with E-state index in [1.165, 1.54) is 0 Å². The summed E-state index contributed by atoms with van der Waals surface area (Å²) in [6, 6.07) is 6.78. The highest BCUT2D eigenvalue weighted by Gasteiger charge is 2.44. The molecule has 0 saturated heterocycles. The van der Waals surface area contributed by atoms with Gasteiger partial charge in [-0.2, -0.15) is 0 Å². The molecular formula is C33H38N6O5. The van der Waals surface area contributed by atoms with Crippen molar-refractivity contribution in [3.05, 3.63) is 102 Å². The number of aromatic nitrogens is 4. The van der Waals surface area contributed by atoms with Gasteiger partial charge in [-0.15, -0.1) is 0 Å². The molecule has 230 valence electrons. The fourth-order valence-corrected chi connectivity index (χ4v) is 6.42. The molecular weight excluding hydrogens is 560 g/mol. The van der Waals surface area contributed by atoms with Gasteiger partial charge in [0.15, 0.2) is 11.5 Å². The Morgan fingerprint density at radius 2 is 1.64 bits per heavy atom. The quantitative estimate of drug-likeness (QED) is 0.326. The normalized spacial score (nSPS) is 22.0.